The molecule has 0 radical (unpaired) electrons. The van der Waals surface area contributed by atoms with Crippen LogP contribution in [-0.2, 0) is 4.79 Å². The zero-order valence-corrected chi connectivity index (χ0v) is 6.64. The number of aliphatic carboxylic acids is 1. The number of hydrogen-bond donors (Lipinski definition) is 1. The summed E-state index contributed by atoms with van der Waals surface area (Å²) in [7, 11) is 3.43. The third-order valence-corrected chi connectivity index (χ3v) is 0.451. The van der Waals surface area contributed by atoms with E-state index in [1.807, 2.05) is 0 Å². The molecule has 0 atom stereocenters. The second kappa shape index (κ2) is 12.0. The summed E-state index contributed by atoms with van der Waals surface area (Å²) in [6, 6.07) is 0. The van der Waals surface area contributed by atoms with Gasteiger partial charge in [0.1, 0.15) is 0 Å². The molecule has 0 aromatic rings. The minimum atomic E-state index is -0.787. The van der Waals surface area contributed by atoms with Gasteiger partial charge in [-0.05, 0) is 14.1 Å². The summed E-state index contributed by atoms with van der Waals surface area (Å²) in [4.78, 5) is 11.4. The Morgan fingerprint density at radius 2 is 1.80 bits per heavy atom. The summed E-state index contributed by atoms with van der Waals surface area (Å²) in [6.45, 7) is 0.111. The van der Waals surface area contributed by atoms with Gasteiger partial charge in [-0.15, -0.1) is 0 Å². The van der Waals surface area contributed by atoms with Crippen LogP contribution in [0.4, 0.5) is 0 Å². The number of carbonyl (C=O) groups is 1. The molecule has 0 saturated carbocycles. The molecular formula is C5H13ClLiNO2. The van der Waals surface area contributed by atoms with E-state index in [0.717, 1.165) is 0 Å². The average molecular weight is 162 g/mol. The second-order valence-corrected chi connectivity index (χ2v) is 1.63. The molecule has 0 unspecified atom stereocenters. The molecule has 0 aliphatic rings. The van der Waals surface area contributed by atoms with Crippen molar-refractivity contribution in [1.82, 2.24) is 4.90 Å². The summed E-state index contributed by atoms with van der Waals surface area (Å²) >= 11 is 0. The van der Waals surface area contributed by atoms with Crippen molar-refractivity contribution in [2.75, 3.05) is 20.6 Å². The summed E-state index contributed by atoms with van der Waals surface area (Å²) < 4.78 is 0. The fourth-order valence-electron chi connectivity index (χ4n) is 0.271. The van der Waals surface area contributed by atoms with Gasteiger partial charge in [0.15, 0.2) is 0 Å². The molecule has 0 bridgehead atoms. The maximum absolute atomic E-state index is 9.77. The van der Waals surface area contributed by atoms with E-state index >= 15 is 0 Å². The first kappa shape index (κ1) is 22.4. The number of nitrogens with zero attached hydrogens (tertiary/aromatic N) is 1. The van der Waals surface area contributed by atoms with Gasteiger partial charge in [-0.3, -0.25) is 9.69 Å². The van der Waals surface area contributed by atoms with Gasteiger partial charge >= 0.3 is 24.8 Å². The first-order chi connectivity index (χ1) is 3.13. The van der Waals surface area contributed by atoms with E-state index in [1.54, 1.807) is 19.0 Å². The van der Waals surface area contributed by atoms with Crippen molar-refractivity contribution in [3.05, 3.63) is 0 Å². The topological polar surface area (TPSA) is 40.5 Å². The van der Waals surface area contributed by atoms with Crippen LogP contribution in [0.5, 0.6) is 0 Å². The molecule has 0 fully saturated rings. The van der Waals surface area contributed by atoms with E-state index in [2.05, 4.69) is 0 Å². The molecule has 0 rings (SSSR count). The van der Waals surface area contributed by atoms with Crippen molar-refractivity contribution in [3.8, 4) is 0 Å². The molecule has 10 heavy (non-hydrogen) atoms. The quantitative estimate of drug-likeness (QED) is 0.411. The van der Waals surface area contributed by atoms with E-state index in [-0.39, 0.29) is 45.2 Å². The van der Waals surface area contributed by atoms with Gasteiger partial charge in [0.25, 0.3) is 0 Å². The molecule has 0 aliphatic heterocycles. The zero-order chi connectivity index (χ0) is 5.86. The van der Waals surface area contributed by atoms with Crippen molar-refractivity contribution in [3.63, 3.8) is 0 Å². The van der Waals surface area contributed by atoms with Crippen LogP contribution in [0, 0.1) is 0 Å². The van der Waals surface area contributed by atoms with Gasteiger partial charge in [0.05, 0.1) is 6.54 Å². The Morgan fingerprint density at radius 3 is 1.80 bits per heavy atom. The fourth-order valence-corrected chi connectivity index (χ4v) is 0.271. The smallest absolute Gasteiger partial charge is 1.00 e. The van der Waals surface area contributed by atoms with Crippen LogP contribution >= 0.6 is 0 Å². The van der Waals surface area contributed by atoms with Crippen LogP contribution in [0.25, 0.3) is 0 Å². The predicted molar refractivity (Wildman–Crippen MR) is 32.9 cm³/mol. The maximum Gasteiger partial charge on any atom is 1.00 e. The molecule has 58 valence electrons. The first-order valence-corrected chi connectivity index (χ1v) is 1.99. The molecule has 5 heteroatoms. The number of rotatable bonds is 2. The molecule has 0 heterocycles. The van der Waals surface area contributed by atoms with E-state index in [0.29, 0.717) is 0 Å². The number of halogens is 1. The van der Waals surface area contributed by atoms with Crippen LogP contribution in [-0.4, -0.2) is 36.6 Å². The van der Waals surface area contributed by atoms with Crippen molar-refractivity contribution < 1.29 is 41.2 Å². The Balaban J connectivity index is -0.0000000600. The van der Waals surface area contributed by atoms with Gasteiger partial charge in [0, 0.05) is 0 Å². The first-order valence-electron chi connectivity index (χ1n) is 1.99. The summed E-state index contributed by atoms with van der Waals surface area (Å²) in [5.41, 5.74) is 0. The predicted octanol–water partition coefficient (Wildman–Crippen LogP) is -5.72. The molecular weight excluding hydrogens is 148 g/mol. The van der Waals surface area contributed by atoms with Crippen LogP contribution < -0.4 is 31.3 Å². The molecule has 1 N–H and O–H groups in total. The Kier molecular flexibility index (Phi) is 27.0. The molecule has 3 nitrogen and oxygen atoms in total. The fraction of sp³-hybridized carbons (Fsp3) is 0.800. The number of carboxylic acids is 1. The second-order valence-electron chi connectivity index (χ2n) is 1.63. The Morgan fingerprint density at radius 1 is 1.50 bits per heavy atom. The van der Waals surface area contributed by atoms with Gasteiger partial charge in [0.2, 0.25) is 0 Å². The molecule has 0 amide bonds. The van der Waals surface area contributed by atoms with Crippen LogP contribution in [0.3, 0.4) is 0 Å². The van der Waals surface area contributed by atoms with E-state index in [9.17, 15) is 4.79 Å². The minimum Gasteiger partial charge on any atom is -1.00 e. The SMILES string of the molecule is C.CN(C)CC(=O)O.[Cl-].[Li+]. The van der Waals surface area contributed by atoms with E-state index in [1.165, 1.54) is 0 Å². The Hall–Kier alpha value is 0.317. The summed E-state index contributed by atoms with van der Waals surface area (Å²) in [5.74, 6) is -0.787. The van der Waals surface area contributed by atoms with E-state index < -0.39 is 5.97 Å². The standard InChI is InChI=1S/C4H9NO2.CH4.ClH.Li/c1-5(2)3-4(6)7;;;/h3H2,1-2H3,(H,6,7);1H4;1H;/q;;;+1/p-1. The maximum atomic E-state index is 9.77. The molecule has 0 aromatic heterocycles. The third-order valence-electron chi connectivity index (χ3n) is 0.451. The number of likely N-dealkylation sites (N-methyl/N-ethyl adjacent to an activating group) is 1. The van der Waals surface area contributed by atoms with Crippen LogP contribution in [0.1, 0.15) is 7.43 Å². The molecule has 0 aromatic carbocycles. The van der Waals surface area contributed by atoms with Crippen molar-refractivity contribution in [2.45, 2.75) is 7.43 Å². The molecule has 0 spiro atoms. The van der Waals surface area contributed by atoms with Gasteiger partial charge in [-0.2, -0.15) is 0 Å². The minimum absolute atomic E-state index is 0. The van der Waals surface area contributed by atoms with Crippen LogP contribution in [0.2, 0.25) is 0 Å². The Bertz CT molecular complexity index is 80.0. The largest absolute Gasteiger partial charge is 1.00 e. The third kappa shape index (κ3) is 23.9. The zero-order valence-electron chi connectivity index (χ0n) is 5.89. The van der Waals surface area contributed by atoms with E-state index in [4.69, 9.17) is 5.11 Å². The monoisotopic (exact) mass is 161 g/mol. The van der Waals surface area contributed by atoms with Crippen molar-refractivity contribution >= 4 is 5.97 Å². The number of carboxylic acid groups (broad SMARTS) is 1. The molecule has 0 saturated heterocycles. The Labute approximate surface area is 80.4 Å². The van der Waals surface area contributed by atoms with Gasteiger partial charge < -0.3 is 17.5 Å². The summed E-state index contributed by atoms with van der Waals surface area (Å²) in [6.07, 6.45) is 0. The summed E-state index contributed by atoms with van der Waals surface area (Å²) in [5, 5.41) is 8.04. The van der Waals surface area contributed by atoms with Crippen LogP contribution in [0.15, 0.2) is 0 Å². The normalized spacial score (nSPS) is 6.70. The van der Waals surface area contributed by atoms with Gasteiger partial charge in [-0.25, -0.2) is 0 Å². The average Bonchev–Trinajstić information content (AvgIpc) is 1.27. The number of hydrogen-bond acceptors (Lipinski definition) is 2. The van der Waals surface area contributed by atoms with Gasteiger partial charge in [-0.1, -0.05) is 7.43 Å². The van der Waals surface area contributed by atoms with Crippen molar-refractivity contribution in [1.29, 1.82) is 0 Å². The molecule has 0 aliphatic carbocycles. The van der Waals surface area contributed by atoms with Crippen molar-refractivity contribution in [2.24, 2.45) is 0 Å².